The molecular formula is C15H13N3. The van der Waals surface area contributed by atoms with Gasteiger partial charge in [-0.25, -0.2) is 4.99 Å². The summed E-state index contributed by atoms with van der Waals surface area (Å²) < 4.78 is 0. The maximum absolute atomic E-state index is 4.41. The Labute approximate surface area is 106 Å². The van der Waals surface area contributed by atoms with Crippen LogP contribution in [0.5, 0.6) is 0 Å². The van der Waals surface area contributed by atoms with Crippen LogP contribution < -0.4 is 4.90 Å². The summed E-state index contributed by atoms with van der Waals surface area (Å²) in [7, 11) is 0. The minimum Gasteiger partial charge on any atom is -0.306 e. The molecule has 0 saturated carbocycles. The lowest BCUT2D eigenvalue weighted by Gasteiger charge is -2.26. The predicted molar refractivity (Wildman–Crippen MR) is 75.3 cm³/mol. The third-order valence-corrected chi connectivity index (χ3v) is 2.84. The summed E-state index contributed by atoms with van der Waals surface area (Å²) in [6.45, 7) is 0.609. The molecule has 2 aromatic rings. The molecule has 2 aromatic carbocycles. The summed E-state index contributed by atoms with van der Waals surface area (Å²) in [5, 5.41) is 0. The number of hydrogen-bond donors (Lipinski definition) is 0. The highest BCUT2D eigenvalue weighted by molar-refractivity contribution is 6.13. The summed E-state index contributed by atoms with van der Waals surface area (Å²) in [5.74, 6) is 0.941. The Hall–Kier alpha value is -2.42. The Morgan fingerprint density at radius 3 is 2.22 bits per heavy atom. The molecule has 0 saturated heterocycles. The molecule has 3 heteroatoms. The smallest absolute Gasteiger partial charge is 0.143 e. The maximum atomic E-state index is 4.41. The zero-order chi connectivity index (χ0) is 12.2. The fourth-order valence-corrected chi connectivity index (χ4v) is 1.98. The molecule has 0 N–H and O–H groups in total. The zero-order valence-electron chi connectivity index (χ0n) is 9.90. The Kier molecular flexibility index (Phi) is 2.88. The van der Waals surface area contributed by atoms with E-state index in [1.807, 2.05) is 36.4 Å². The number of hydrogen-bond acceptors (Lipinski definition) is 3. The summed E-state index contributed by atoms with van der Waals surface area (Å²) in [4.78, 5) is 10.7. The SMILES string of the molecule is C1=NCN(c2ccccc2)C(c2ccccc2)=N1. The molecule has 0 spiro atoms. The molecule has 3 nitrogen and oxygen atoms in total. The summed E-state index contributed by atoms with van der Waals surface area (Å²) in [5.41, 5.74) is 2.21. The summed E-state index contributed by atoms with van der Waals surface area (Å²) in [6.07, 6.45) is 1.63. The molecule has 0 bridgehead atoms. The van der Waals surface area contributed by atoms with Crippen molar-refractivity contribution in [2.24, 2.45) is 9.98 Å². The lowest BCUT2D eigenvalue weighted by molar-refractivity contribution is 0.995. The van der Waals surface area contributed by atoms with E-state index in [-0.39, 0.29) is 0 Å². The highest BCUT2D eigenvalue weighted by atomic mass is 15.3. The van der Waals surface area contributed by atoms with Crippen molar-refractivity contribution in [3.63, 3.8) is 0 Å². The average molecular weight is 235 g/mol. The number of benzene rings is 2. The molecule has 0 atom stereocenters. The number of aliphatic imine (C=N–C) groups is 2. The molecule has 1 aliphatic heterocycles. The minimum absolute atomic E-state index is 0.609. The van der Waals surface area contributed by atoms with Crippen molar-refractivity contribution in [3.05, 3.63) is 66.2 Å². The first-order chi connectivity index (χ1) is 8.95. The summed E-state index contributed by atoms with van der Waals surface area (Å²) in [6, 6.07) is 20.4. The van der Waals surface area contributed by atoms with Crippen LogP contribution in [0, 0.1) is 0 Å². The second-order valence-electron chi connectivity index (χ2n) is 4.02. The Morgan fingerprint density at radius 2 is 1.50 bits per heavy atom. The predicted octanol–water partition coefficient (Wildman–Crippen LogP) is 2.94. The van der Waals surface area contributed by atoms with Crippen molar-refractivity contribution in [1.82, 2.24) is 0 Å². The van der Waals surface area contributed by atoms with Gasteiger partial charge in [0.25, 0.3) is 0 Å². The first kappa shape index (κ1) is 10.7. The van der Waals surface area contributed by atoms with Crippen LogP contribution >= 0.6 is 0 Å². The quantitative estimate of drug-likeness (QED) is 0.786. The van der Waals surface area contributed by atoms with E-state index in [1.165, 1.54) is 0 Å². The van der Waals surface area contributed by atoms with Crippen molar-refractivity contribution < 1.29 is 0 Å². The van der Waals surface area contributed by atoms with Gasteiger partial charge >= 0.3 is 0 Å². The topological polar surface area (TPSA) is 28.0 Å². The number of nitrogens with zero attached hydrogens (tertiary/aromatic N) is 3. The van der Waals surface area contributed by atoms with Gasteiger partial charge in [-0.05, 0) is 12.1 Å². The molecule has 0 amide bonds. The first-order valence-electron chi connectivity index (χ1n) is 5.89. The minimum atomic E-state index is 0.609. The Bertz CT molecular complexity index is 573. The van der Waals surface area contributed by atoms with Crippen molar-refractivity contribution >= 4 is 17.9 Å². The first-order valence-corrected chi connectivity index (χ1v) is 5.89. The van der Waals surface area contributed by atoms with E-state index < -0.39 is 0 Å². The zero-order valence-corrected chi connectivity index (χ0v) is 9.90. The van der Waals surface area contributed by atoms with Crippen LogP contribution in [-0.4, -0.2) is 18.8 Å². The maximum Gasteiger partial charge on any atom is 0.143 e. The van der Waals surface area contributed by atoms with Gasteiger partial charge in [0, 0.05) is 11.3 Å². The highest BCUT2D eigenvalue weighted by Gasteiger charge is 2.16. The number of para-hydroxylation sites is 1. The van der Waals surface area contributed by atoms with Crippen LogP contribution in [0.4, 0.5) is 5.69 Å². The van der Waals surface area contributed by atoms with E-state index in [9.17, 15) is 0 Å². The van der Waals surface area contributed by atoms with Gasteiger partial charge in [-0.1, -0.05) is 48.5 Å². The normalized spacial score (nSPS) is 14.4. The van der Waals surface area contributed by atoms with Crippen LogP contribution in [0.25, 0.3) is 0 Å². The van der Waals surface area contributed by atoms with Crippen LogP contribution in [-0.2, 0) is 0 Å². The summed E-state index contributed by atoms with van der Waals surface area (Å²) >= 11 is 0. The molecule has 0 unspecified atom stereocenters. The van der Waals surface area contributed by atoms with Crippen molar-refractivity contribution in [2.45, 2.75) is 0 Å². The fourth-order valence-electron chi connectivity index (χ4n) is 1.98. The van der Waals surface area contributed by atoms with Crippen LogP contribution in [0.15, 0.2) is 70.6 Å². The molecule has 0 fully saturated rings. The second kappa shape index (κ2) is 4.84. The molecule has 18 heavy (non-hydrogen) atoms. The monoisotopic (exact) mass is 235 g/mol. The molecule has 0 radical (unpaired) electrons. The molecule has 1 heterocycles. The van der Waals surface area contributed by atoms with Crippen molar-refractivity contribution in [1.29, 1.82) is 0 Å². The van der Waals surface area contributed by atoms with Crippen LogP contribution in [0.3, 0.4) is 0 Å². The highest BCUT2D eigenvalue weighted by Crippen LogP contribution is 2.18. The van der Waals surface area contributed by atoms with Gasteiger partial charge in [0.15, 0.2) is 0 Å². The lowest BCUT2D eigenvalue weighted by Crippen LogP contribution is -2.34. The van der Waals surface area contributed by atoms with Crippen LogP contribution in [0.1, 0.15) is 5.56 Å². The number of anilines is 1. The average Bonchev–Trinajstić information content (AvgIpc) is 2.49. The van der Waals surface area contributed by atoms with E-state index in [0.29, 0.717) is 6.67 Å². The van der Waals surface area contributed by atoms with Crippen LogP contribution in [0.2, 0.25) is 0 Å². The van der Waals surface area contributed by atoms with Gasteiger partial charge in [0.2, 0.25) is 0 Å². The third-order valence-electron chi connectivity index (χ3n) is 2.84. The molecular weight excluding hydrogens is 222 g/mol. The standard InChI is InChI=1S/C15H13N3/c1-3-7-13(8-4-1)15-17-11-16-12-18(15)14-9-5-2-6-10-14/h1-11H,12H2. The van der Waals surface area contributed by atoms with Gasteiger partial charge in [0.1, 0.15) is 18.8 Å². The molecule has 88 valence electrons. The van der Waals surface area contributed by atoms with E-state index in [1.54, 1.807) is 6.34 Å². The second-order valence-corrected chi connectivity index (χ2v) is 4.02. The van der Waals surface area contributed by atoms with Gasteiger partial charge in [-0.3, -0.25) is 4.99 Å². The molecule has 0 aromatic heterocycles. The number of rotatable bonds is 2. The van der Waals surface area contributed by atoms with E-state index in [0.717, 1.165) is 17.1 Å². The molecule has 3 rings (SSSR count). The van der Waals surface area contributed by atoms with Gasteiger partial charge in [-0.2, -0.15) is 0 Å². The Morgan fingerprint density at radius 1 is 0.833 bits per heavy atom. The molecule has 1 aliphatic rings. The lowest BCUT2D eigenvalue weighted by atomic mass is 10.1. The van der Waals surface area contributed by atoms with Crippen molar-refractivity contribution in [3.8, 4) is 0 Å². The fraction of sp³-hybridized carbons (Fsp3) is 0.0667. The number of amidine groups is 1. The van der Waals surface area contributed by atoms with E-state index in [4.69, 9.17) is 0 Å². The van der Waals surface area contributed by atoms with Crippen molar-refractivity contribution in [2.75, 3.05) is 11.6 Å². The Balaban J connectivity index is 2.01. The van der Waals surface area contributed by atoms with Gasteiger partial charge in [-0.15, -0.1) is 0 Å². The molecule has 0 aliphatic carbocycles. The third kappa shape index (κ3) is 2.02. The van der Waals surface area contributed by atoms with Gasteiger partial charge in [0.05, 0.1) is 0 Å². The van der Waals surface area contributed by atoms with Gasteiger partial charge < -0.3 is 4.90 Å². The van der Waals surface area contributed by atoms with E-state index >= 15 is 0 Å². The van der Waals surface area contributed by atoms with E-state index in [2.05, 4.69) is 39.2 Å². The largest absolute Gasteiger partial charge is 0.306 e.